The first-order valence-corrected chi connectivity index (χ1v) is 4.93. The first-order valence-electron chi connectivity index (χ1n) is 4.93. The first-order chi connectivity index (χ1) is 7.74. The van der Waals surface area contributed by atoms with Gasteiger partial charge in [0, 0.05) is 12.0 Å². The molecule has 3 N–H and O–H groups in total. The molecule has 1 rings (SSSR count). The third-order valence-electron chi connectivity index (χ3n) is 2.74. The summed E-state index contributed by atoms with van der Waals surface area (Å²) in [5, 5.41) is 9.16. The van der Waals surface area contributed by atoms with Gasteiger partial charge in [-0.1, -0.05) is 13.0 Å². The molecule has 96 valence electrons. The van der Waals surface area contributed by atoms with Crippen LogP contribution in [0.25, 0.3) is 0 Å². The summed E-state index contributed by atoms with van der Waals surface area (Å²) in [5.41, 5.74) is 2.85. The van der Waals surface area contributed by atoms with Crippen LogP contribution in [0, 0.1) is 5.82 Å². The molecule has 0 bridgehead atoms. The summed E-state index contributed by atoms with van der Waals surface area (Å²) in [5.74, 6) is -0.974. The first kappa shape index (κ1) is 13.9. The van der Waals surface area contributed by atoms with Crippen molar-refractivity contribution >= 4 is 0 Å². The molecule has 1 unspecified atom stereocenters. The van der Waals surface area contributed by atoms with Crippen molar-refractivity contribution in [3.63, 3.8) is 0 Å². The summed E-state index contributed by atoms with van der Waals surface area (Å²) in [7, 11) is 0. The van der Waals surface area contributed by atoms with Gasteiger partial charge < -0.3 is 10.8 Å². The number of aliphatic hydroxyl groups is 1. The van der Waals surface area contributed by atoms with Gasteiger partial charge >= 0.3 is 6.18 Å². The molecule has 0 heterocycles. The second kappa shape index (κ2) is 4.62. The molecule has 2 nitrogen and oxygen atoms in total. The summed E-state index contributed by atoms with van der Waals surface area (Å²) in [6.07, 6.45) is -4.68. The van der Waals surface area contributed by atoms with Crippen molar-refractivity contribution in [2.45, 2.75) is 18.5 Å². The summed E-state index contributed by atoms with van der Waals surface area (Å²) >= 11 is 0. The zero-order valence-corrected chi connectivity index (χ0v) is 9.18. The van der Waals surface area contributed by atoms with E-state index >= 15 is 0 Å². The number of hydrogen-bond donors (Lipinski definition) is 2. The highest BCUT2D eigenvalue weighted by Gasteiger charge is 2.39. The van der Waals surface area contributed by atoms with Crippen LogP contribution >= 0.6 is 0 Å². The summed E-state index contributed by atoms with van der Waals surface area (Å²) in [4.78, 5) is 0. The smallest absolute Gasteiger partial charge is 0.395 e. The number of nitrogens with two attached hydrogens (primary N) is 1. The van der Waals surface area contributed by atoms with Crippen LogP contribution < -0.4 is 5.73 Å². The molecule has 0 fully saturated rings. The van der Waals surface area contributed by atoms with E-state index in [4.69, 9.17) is 10.8 Å². The maximum absolute atomic E-state index is 12.9. The summed E-state index contributed by atoms with van der Waals surface area (Å²) in [6, 6.07) is 2.36. The van der Waals surface area contributed by atoms with Crippen LogP contribution in [-0.4, -0.2) is 18.3 Å². The number of halogens is 4. The van der Waals surface area contributed by atoms with Crippen molar-refractivity contribution in [2.75, 3.05) is 13.2 Å². The van der Waals surface area contributed by atoms with Gasteiger partial charge in [-0.15, -0.1) is 0 Å². The highest BCUT2D eigenvalue weighted by Crippen LogP contribution is 2.37. The minimum absolute atomic E-state index is 0.168. The van der Waals surface area contributed by atoms with E-state index in [9.17, 15) is 17.6 Å². The Morgan fingerprint density at radius 1 is 1.24 bits per heavy atom. The highest BCUT2D eigenvalue weighted by atomic mass is 19.4. The third kappa shape index (κ3) is 2.76. The zero-order chi connectivity index (χ0) is 13.3. The van der Waals surface area contributed by atoms with Crippen molar-refractivity contribution in [1.29, 1.82) is 0 Å². The Labute approximate surface area is 96.1 Å². The van der Waals surface area contributed by atoms with Gasteiger partial charge in [0.25, 0.3) is 0 Å². The Morgan fingerprint density at radius 2 is 1.82 bits per heavy atom. The molecule has 17 heavy (non-hydrogen) atoms. The minimum Gasteiger partial charge on any atom is -0.395 e. The van der Waals surface area contributed by atoms with Gasteiger partial charge in [0.1, 0.15) is 5.82 Å². The van der Waals surface area contributed by atoms with Crippen molar-refractivity contribution < 1.29 is 22.7 Å². The Bertz CT molecular complexity index is 399. The van der Waals surface area contributed by atoms with E-state index in [1.165, 1.54) is 6.92 Å². The van der Waals surface area contributed by atoms with Crippen LogP contribution in [0.2, 0.25) is 0 Å². The van der Waals surface area contributed by atoms with Crippen LogP contribution in [0.3, 0.4) is 0 Å². The molecule has 0 saturated heterocycles. The molecule has 0 amide bonds. The lowest BCUT2D eigenvalue weighted by molar-refractivity contribution is -0.139. The Kier molecular flexibility index (Phi) is 3.78. The van der Waals surface area contributed by atoms with Crippen LogP contribution in [0.15, 0.2) is 18.2 Å². The number of hydrogen-bond acceptors (Lipinski definition) is 2. The molecular weight excluding hydrogens is 238 g/mol. The molecule has 0 saturated carbocycles. The van der Waals surface area contributed by atoms with Crippen molar-refractivity contribution in [3.05, 3.63) is 35.1 Å². The fourth-order valence-electron chi connectivity index (χ4n) is 1.54. The SMILES string of the molecule is CC(CN)(CO)c1ccc(F)cc1C(F)(F)F. The maximum Gasteiger partial charge on any atom is 0.416 e. The highest BCUT2D eigenvalue weighted by molar-refractivity contribution is 5.37. The number of rotatable bonds is 3. The van der Waals surface area contributed by atoms with E-state index in [-0.39, 0.29) is 12.1 Å². The lowest BCUT2D eigenvalue weighted by Gasteiger charge is -2.29. The Balaban J connectivity index is 3.43. The van der Waals surface area contributed by atoms with Crippen molar-refractivity contribution in [2.24, 2.45) is 5.73 Å². The zero-order valence-electron chi connectivity index (χ0n) is 9.18. The largest absolute Gasteiger partial charge is 0.416 e. The van der Waals surface area contributed by atoms with E-state index < -0.39 is 29.6 Å². The van der Waals surface area contributed by atoms with Gasteiger partial charge in [-0.3, -0.25) is 0 Å². The molecule has 0 spiro atoms. The molecule has 6 heteroatoms. The van der Waals surface area contributed by atoms with Crippen LogP contribution in [0.1, 0.15) is 18.1 Å². The molecule has 1 atom stereocenters. The molecule has 0 radical (unpaired) electrons. The third-order valence-corrected chi connectivity index (χ3v) is 2.74. The topological polar surface area (TPSA) is 46.2 Å². The number of benzene rings is 1. The van der Waals surface area contributed by atoms with Crippen LogP contribution in [-0.2, 0) is 11.6 Å². The van der Waals surface area contributed by atoms with E-state index in [2.05, 4.69) is 0 Å². The quantitative estimate of drug-likeness (QED) is 0.808. The maximum atomic E-state index is 12.9. The van der Waals surface area contributed by atoms with Gasteiger partial charge in [0.05, 0.1) is 12.2 Å². The Hall–Kier alpha value is -1.14. The van der Waals surface area contributed by atoms with Crippen LogP contribution in [0.4, 0.5) is 17.6 Å². The number of alkyl halides is 3. The Morgan fingerprint density at radius 3 is 2.24 bits per heavy atom. The normalized spacial score (nSPS) is 15.7. The minimum atomic E-state index is -4.68. The van der Waals surface area contributed by atoms with Crippen LogP contribution in [0.5, 0.6) is 0 Å². The molecule has 0 aromatic heterocycles. The van der Waals surface area contributed by atoms with E-state index in [1.54, 1.807) is 0 Å². The predicted octanol–water partition coefficient (Wildman–Crippen LogP) is 2.05. The standard InChI is InChI=1S/C11H13F4NO/c1-10(5-16,6-17)8-3-2-7(12)4-9(8)11(13,14)15/h2-4,17H,5-6,16H2,1H3. The molecule has 0 aliphatic heterocycles. The second-order valence-corrected chi connectivity index (χ2v) is 4.11. The van der Waals surface area contributed by atoms with E-state index in [1.807, 2.05) is 0 Å². The van der Waals surface area contributed by atoms with Crippen molar-refractivity contribution in [1.82, 2.24) is 0 Å². The summed E-state index contributed by atoms with van der Waals surface area (Å²) in [6.45, 7) is 0.686. The second-order valence-electron chi connectivity index (χ2n) is 4.11. The number of aliphatic hydroxyl groups excluding tert-OH is 1. The van der Waals surface area contributed by atoms with Gasteiger partial charge in [-0.25, -0.2) is 4.39 Å². The van der Waals surface area contributed by atoms with E-state index in [0.717, 1.165) is 12.1 Å². The average Bonchev–Trinajstić information content (AvgIpc) is 2.27. The van der Waals surface area contributed by atoms with E-state index in [0.29, 0.717) is 6.07 Å². The lowest BCUT2D eigenvalue weighted by Crippen LogP contribution is -2.37. The fourth-order valence-corrected chi connectivity index (χ4v) is 1.54. The molecule has 0 aliphatic rings. The van der Waals surface area contributed by atoms with Crippen molar-refractivity contribution in [3.8, 4) is 0 Å². The summed E-state index contributed by atoms with van der Waals surface area (Å²) < 4.78 is 51.1. The fraction of sp³-hybridized carbons (Fsp3) is 0.455. The lowest BCUT2D eigenvalue weighted by atomic mass is 9.80. The van der Waals surface area contributed by atoms with Gasteiger partial charge in [0.2, 0.25) is 0 Å². The van der Waals surface area contributed by atoms with Gasteiger partial charge in [-0.2, -0.15) is 13.2 Å². The molecular formula is C11H13F4NO. The van der Waals surface area contributed by atoms with Gasteiger partial charge in [0.15, 0.2) is 0 Å². The molecule has 1 aromatic rings. The predicted molar refractivity (Wildman–Crippen MR) is 54.9 cm³/mol. The average molecular weight is 251 g/mol. The molecule has 0 aliphatic carbocycles. The molecule has 1 aromatic carbocycles. The monoisotopic (exact) mass is 251 g/mol. The van der Waals surface area contributed by atoms with Gasteiger partial charge in [-0.05, 0) is 17.7 Å².